The van der Waals surface area contributed by atoms with E-state index in [1.165, 1.54) is 34.2 Å². The van der Waals surface area contributed by atoms with Crippen molar-refractivity contribution in [3.63, 3.8) is 0 Å². The van der Waals surface area contributed by atoms with Gasteiger partial charge >= 0.3 is 0 Å². The van der Waals surface area contributed by atoms with Gasteiger partial charge in [-0.2, -0.15) is 10.2 Å². The zero-order valence-electron chi connectivity index (χ0n) is 19.0. The topological polar surface area (TPSA) is 102 Å². The Morgan fingerprint density at radius 1 is 0.676 bits per heavy atom. The number of hydrogen-bond donors (Lipinski definition) is 2. The highest BCUT2D eigenvalue weighted by molar-refractivity contribution is 8.76. The molecule has 0 bridgehead atoms. The predicted octanol–water partition coefficient (Wildman–Crippen LogP) is 4.00. The molecule has 2 N–H and O–H groups in total. The number of nitrogens with zero attached hydrogens (tertiary/aromatic N) is 6. The Labute approximate surface area is 206 Å². The van der Waals surface area contributed by atoms with Gasteiger partial charge in [0.25, 0.3) is 0 Å². The van der Waals surface area contributed by atoms with Crippen molar-refractivity contribution < 1.29 is 10.2 Å². The first-order valence-corrected chi connectivity index (χ1v) is 13.3. The summed E-state index contributed by atoms with van der Waals surface area (Å²) >= 11 is 0. The lowest BCUT2D eigenvalue weighted by Crippen LogP contribution is -2.25. The normalized spacial score (nSPS) is 15.1. The molecule has 0 saturated heterocycles. The molecule has 4 aromatic rings. The van der Waals surface area contributed by atoms with Gasteiger partial charge in [0.1, 0.15) is 12.7 Å². The van der Waals surface area contributed by atoms with Crippen LogP contribution in [-0.2, 0) is 12.8 Å². The highest BCUT2D eigenvalue weighted by atomic mass is 33.1. The Kier molecular flexibility index (Phi) is 8.39. The Morgan fingerprint density at radius 2 is 1.06 bits per heavy atom. The minimum atomic E-state index is -0.611. The molecule has 4 atom stereocenters. The van der Waals surface area contributed by atoms with E-state index >= 15 is 0 Å². The van der Waals surface area contributed by atoms with E-state index in [1.807, 2.05) is 60.7 Å². The smallest absolute Gasteiger partial charge is 0.197 e. The van der Waals surface area contributed by atoms with Gasteiger partial charge < -0.3 is 10.2 Å². The maximum absolute atomic E-state index is 10.5. The zero-order chi connectivity index (χ0) is 23.9. The van der Waals surface area contributed by atoms with Crippen LogP contribution >= 0.6 is 21.6 Å². The molecule has 2 aromatic heterocycles. The predicted molar refractivity (Wildman–Crippen MR) is 133 cm³/mol. The molecule has 0 aliphatic carbocycles. The molecule has 2 heterocycles. The first-order valence-electron chi connectivity index (χ1n) is 11.1. The van der Waals surface area contributed by atoms with Crippen molar-refractivity contribution in [3.05, 3.63) is 84.4 Å². The summed E-state index contributed by atoms with van der Waals surface area (Å²) in [5.74, 6) is 0. The molecule has 0 spiro atoms. The van der Waals surface area contributed by atoms with Gasteiger partial charge in [-0.1, -0.05) is 60.7 Å². The molecule has 0 amide bonds. The van der Waals surface area contributed by atoms with Crippen molar-refractivity contribution >= 4 is 21.6 Å². The molecule has 2 aromatic carbocycles. The Balaban J connectivity index is 1.50. The van der Waals surface area contributed by atoms with Gasteiger partial charge in [0.15, 0.2) is 10.3 Å². The van der Waals surface area contributed by atoms with Crippen LogP contribution in [0.2, 0.25) is 0 Å². The van der Waals surface area contributed by atoms with Crippen molar-refractivity contribution in [1.82, 2.24) is 29.5 Å². The Hall–Kier alpha value is -2.66. The first-order chi connectivity index (χ1) is 16.5. The summed E-state index contributed by atoms with van der Waals surface area (Å²) in [6.07, 6.45) is 3.06. The van der Waals surface area contributed by atoms with Gasteiger partial charge in [0, 0.05) is 0 Å². The largest absolute Gasteiger partial charge is 0.391 e. The van der Waals surface area contributed by atoms with Gasteiger partial charge in [0.2, 0.25) is 0 Å². The van der Waals surface area contributed by atoms with Crippen LogP contribution in [0.4, 0.5) is 0 Å². The fourth-order valence-corrected chi connectivity index (χ4v) is 5.77. The molecule has 0 radical (unpaired) electrons. The molecule has 178 valence electrons. The van der Waals surface area contributed by atoms with E-state index in [2.05, 4.69) is 20.2 Å². The standard InChI is InChI=1S/C24H28N6O2S2/c1-17(31)21(13-19-9-5-3-6-10-19)29-23(25-15-27-29)33-34-24-26-16-28-30(24)22(18(2)32)14-20-11-7-4-8-12-20/h3-12,15-18,21-22,31-32H,13-14H2,1-2H3. The van der Waals surface area contributed by atoms with Crippen LogP contribution in [0.3, 0.4) is 0 Å². The summed E-state index contributed by atoms with van der Waals surface area (Å²) in [4.78, 5) is 8.83. The van der Waals surface area contributed by atoms with Gasteiger partial charge in [-0.25, -0.2) is 19.3 Å². The summed E-state index contributed by atoms with van der Waals surface area (Å²) in [6, 6.07) is 19.6. The van der Waals surface area contributed by atoms with Crippen molar-refractivity contribution in [2.75, 3.05) is 0 Å². The number of aliphatic hydroxyl groups excluding tert-OH is 2. The molecule has 0 aliphatic rings. The van der Waals surface area contributed by atoms with E-state index < -0.39 is 12.2 Å². The quantitative estimate of drug-likeness (QED) is 0.301. The van der Waals surface area contributed by atoms with E-state index in [4.69, 9.17) is 0 Å². The monoisotopic (exact) mass is 496 g/mol. The van der Waals surface area contributed by atoms with Gasteiger partial charge in [-0.15, -0.1) is 0 Å². The van der Waals surface area contributed by atoms with Gasteiger partial charge in [-0.3, -0.25) is 0 Å². The molecule has 10 heteroatoms. The Bertz CT molecular complexity index is 1060. The maximum Gasteiger partial charge on any atom is 0.197 e. The number of hydrogen-bond acceptors (Lipinski definition) is 8. The van der Waals surface area contributed by atoms with E-state index in [-0.39, 0.29) is 12.1 Å². The summed E-state index contributed by atoms with van der Waals surface area (Å²) < 4.78 is 3.54. The van der Waals surface area contributed by atoms with Crippen LogP contribution in [-0.4, -0.2) is 51.9 Å². The second-order valence-electron chi connectivity index (χ2n) is 8.14. The lowest BCUT2D eigenvalue weighted by Gasteiger charge is -2.22. The third-order valence-electron chi connectivity index (χ3n) is 5.59. The van der Waals surface area contributed by atoms with Crippen LogP contribution in [0.5, 0.6) is 0 Å². The highest BCUT2D eigenvalue weighted by Crippen LogP contribution is 2.38. The molecule has 0 saturated carbocycles. The van der Waals surface area contributed by atoms with Gasteiger partial charge in [0.05, 0.1) is 24.3 Å². The number of aromatic nitrogens is 6. The zero-order valence-corrected chi connectivity index (χ0v) is 20.7. The maximum atomic E-state index is 10.5. The summed E-state index contributed by atoms with van der Waals surface area (Å²) in [5, 5.41) is 31.1. The second kappa shape index (κ2) is 11.7. The molecule has 0 aliphatic heterocycles. The fourth-order valence-electron chi connectivity index (χ4n) is 3.76. The number of rotatable bonds is 11. The van der Waals surface area contributed by atoms with Crippen molar-refractivity contribution in [2.24, 2.45) is 0 Å². The van der Waals surface area contributed by atoms with Crippen LogP contribution in [0.1, 0.15) is 37.1 Å². The first kappa shape index (κ1) is 24.5. The summed E-state index contributed by atoms with van der Waals surface area (Å²) in [5.41, 5.74) is 2.24. The number of aliphatic hydroxyl groups is 2. The minimum absolute atomic E-state index is 0.255. The van der Waals surface area contributed by atoms with Crippen molar-refractivity contribution in [2.45, 2.75) is 61.3 Å². The molecular formula is C24H28N6O2S2. The molecule has 4 rings (SSSR count). The van der Waals surface area contributed by atoms with Crippen molar-refractivity contribution in [1.29, 1.82) is 0 Å². The van der Waals surface area contributed by atoms with E-state index in [1.54, 1.807) is 23.2 Å². The highest BCUT2D eigenvalue weighted by Gasteiger charge is 2.25. The van der Waals surface area contributed by atoms with E-state index in [0.29, 0.717) is 23.2 Å². The van der Waals surface area contributed by atoms with Crippen LogP contribution in [0.15, 0.2) is 83.6 Å². The lowest BCUT2D eigenvalue weighted by molar-refractivity contribution is 0.117. The average Bonchev–Trinajstić information content (AvgIpc) is 3.50. The van der Waals surface area contributed by atoms with Crippen molar-refractivity contribution in [3.8, 4) is 0 Å². The molecule has 4 unspecified atom stereocenters. The van der Waals surface area contributed by atoms with Crippen LogP contribution in [0, 0.1) is 0 Å². The fraction of sp³-hybridized carbons (Fsp3) is 0.333. The minimum Gasteiger partial charge on any atom is -0.391 e. The van der Waals surface area contributed by atoms with Crippen LogP contribution in [0.25, 0.3) is 0 Å². The molecule has 8 nitrogen and oxygen atoms in total. The van der Waals surface area contributed by atoms with Gasteiger partial charge in [-0.05, 0) is 59.4 Å². The molecule has 34 heavy (non-hydrogen) atoms. The lowest BCUT2D eigenvalue weighted by atomic mass is 10.0. The molecular weight excluding hydrogens is 468 g/mol. The second-order valence-corrected chi connectivity index (χ2v) is 10.2. The summed E-state index contributed by atoms with van der Waals surface area (Å²) in [6.45, 7) is 3.54. The number of benzene rings is 2. The third kappa shape index (κ3) is 6.06. The Morgan fingerprint density at radius 3 is 1.41 bits per heavy atom. The summed E-state index contributed by atoms with van der Waals surface area (Å²) in [7, 11) is 2.81. The third-order valence-corrected chi connectivity index (χ3v) is 7.70. The SMILES string of the molecule is CC(O)C(Cc1ccccc1)n1ncnc1SSc1ncnn1C(Cc1ccccc1)C(C)O. The van der Waals surface area contributed by atoms with E-state index in [9.17, 15) is 10.2 Å². The van der Waals surface area contributed by atoms with E-state index in [0.717, 1.165) is 11.1 Å². The average molecular weight is 497 g/mol. The van der Waals surface area contributed by atoms with Crippen LogP contribution < -0.4 is 0 Å². The molecule has 0 fully saturated rings.